The van der Waals surface area contributed by atoms with Gasteiger partial charge in [0.15, 0.2) is 0 Å². The summed E-state index contributed by atoms with van der Waals surface area (Å²) in [7, 11) is 1.71. The van der Waals surface area contributed by atoms with Crippen LogP contribution in [0.4, 0.5) is 13.2 Å². The van der Waals surface area contributed by atoms with Crippen LogP contribution in [-0.2, 0) is 4.74 Å². The third-order valence-electron chi connectivity index (χ3n) is 1.50. The van der Waals surface area contributed by atoms with Gasteiger partial charge in [-0.15, -0.1) is 13.2 Å². The zero-order chi connectivity index (χ0) is 11.2. The molecule has 0 unspecified atom stereocenters. The van der Waals surface area contributed by atoms with Crippen molar-refractivity contribution in [2.24, 2.45) is 0 Å². The molecule has 0 radical (unpaired) electrons. The second kappa shape index (κ2) is 5.57. The van der Waals surface area contributed by atoms with Gasteiger partial charge in [-0.25, -0.2) is 0 Å². The Hall–Kier alpha value is -1.13. The fraction of sp³-hybridized carbons (Fsp3) is 0.556. The second-order valence-electron chi connectivity index (χ2n) is 2.62. The maximum atomic E-state index is 11.7. The van der Waals surface area contributed by atoms with Gasteiger partial charge in [-0.2, -0.15) is 0 Å². The van der Waals surface area contributed by atoms with E-state index in [0.29, 0.717) is 0 Å². The fourth-order valence-corrected chi connectivity index (χ4v) is 0.812. The van der Waals surface area contributed by atoms with Crippen LogP contribution in [0.15, 0.2) is 23.6 Å². The molecule has 0 saturated carbocycles. The van der Waals surface area contributed by atoms with Crippen molar-refractivity contribution in [2.45, 2.75) is 26.6 Å². The Kier molecular flexibility index (Phi) is 5.12. The monoisotopic (exact) mass is 209 g/mol. The zero-order valence-electron chi connectivity index (χ0n) is 8.40. The second-order valence-corrected chi connectivity index (χ2v) is 2.62. The molecule has 0 spiro atoms. The molecular weight excluding hydrogens is 195 g/mol. The van der Waals surface area contributed by atoms with Gasteiger partial charge in [0.1, 0.15) is 5.76 Å². The van der Waals surface area contributed by atoms with E-state index < -0.39 is 6.36 Å². The topological polar surface area (TPSA) is 21.3 Å². The summed E-state index contributed by atoms with van der Waals surface area (Å²) in [4.78, 5) is 0. The molecule has 0 fully saturated rings. The molecule has 0 aromatic carbocycles. The number of nitrogens with one attached hydrogen (secondary N) is 1. The molecule has 1 N–H and O–H groups in total. The van der Waals surface area contributed by atoms with Crippen molar-refractivity contribution < 1.29 is 17.9 Å². The van der Waals surface area contributed by atoms with Crippen molar-refractivity contribution in [1.29, 1.82) is 0 Å². The van der Waals surface area contributed by atoms with Crippen LogP contribution in [0.1, 0.15) is 20.3 Å². The van der Waals surface area contributed by atoms with Gasteiger partial charge < -0.3 is 10.1 Å². The average molecular weight is 209 g/mol. The molecule has 14 heavy (non-hydrogen) atoms. The minimum absolute atomic E-state index is 0.182. The molecule has 5 heteroatoms. The Labute approximate surface area is 81.4 Å². The lowest BCUT2D eigenvalue weighted by atomic mass is 10.3. The molecule has 0 aliphatic carbocycles. The summed E-state index contributed by atoms with van der Waals surface area (Å²) in [5.41, 5.74) is 0.843. The molecule has 0 rings (SSSR count). The Morgan fingerprint density at radius 1 is 1.36 bits per heavy atom. The van der Waals surface area contributed by atoms with Crippen LogP contribution in [0.5, 0.6) is 0 Å². The SMILES string of the molecule is CC/C(=C\C=C(/C)OC(F)(F)F)NC. The summed E-state index contributed by atoms with van der Waals surface area (Å²) < 4.78 is 38.8. The first kappa shape index (κ1) is 12.9. The Balaban J connectivity index is 4.31. The summed E-state index contributed by atoms with van der Waals surface area (Å²) in [5.74, 6) is -0.182. The molecule has 0 saturated heterocycles. The van der Waals surface area contributed by atoms with Gasteiger partial charge in [-0.3, -0.25) is 0 Å². The number of allylic oxidation sites excluding steroid dienone is 4. The molecule has 0 amide bonds. The van der Waals surface area contributed by atoms with Gasteiger partial charge in [0, 0.05) is 12.7 Å². The van der Waals surface area contributed by atoms with Crippen molar-refractivity contribution in [2.75, 3.05) is 7.05 Å². The Morgan fingerprint density at radius 3 is 2.29 bits per heavy atom. The number of ether oxygens (including phenoxy) is 1. The molecule has 2 nitrogen and oxygen atoms in total. The zero-order valence-corrected chi connectivity index (χ0v) is 8.40. The van der Waals surface area contributed by atoms with Gasteiger partial charge in [0.2, 0.25) is 0 Å². The standard InChI is InChI=1S/C9H14F3NO/c1-4-8(13-3)6-5-7(2)14-9(10,11)12/h5-6,13H,4H2,1-3H3/b7-5+,8-6+. The lowest BCUT2D eigenvalue weighted by Gasteiger charge is -2.08. The molecule has 0 heterocycles. The maximum Gasteiger partial charge on any atom is 0.572 e. The van der Waals surface area contributed by atoms with Crippen LogP contribution in [0.2, 0.25) is 0 Å². The van der Waals surface area contributed by atoms with E-state index >= 15 is 0 Å². The minimum atomic E-state index is -4.61. The van der Waals surface area contributed by atoms with Gasteiger partial charge in [-0.1, -0.05) is 6.92 Å². The average Bonchev–Trinajstić information content (AvgIpc) is 2.03. The van der Waals surface area contributed by atoms with E-state index in [4.69, 9.17) is 0 Å². The third kappa shape index (κ3) is 6.39. The smallest absolute Gasteiger partial charge is 0.411 e. The van der Waals surface area contributed by atoms with E-state index in [9.17, 15) is 13.2 Å². The first-order valence-corrected chi connectivity index (χ1v) is 4.20. The molecule has 0 aliphatic rings. The van der Waals surface area contributed by atoms with E-state index in [-0.39, 0.29) is 5.76 Å². The number of rotatable bonds is 4. The maximum absolute atomic E-state index is 11.7. The molecule has 0 aliphatic heterocycles. The summed E-state index contributed by atoms with van der Waals surface area (Å²) >= 11 is 0. The van der Waals surface area contributed by atoms with Crippen molar-refractivity contribution >= 4 is 0 Å². The number of halogens is 3. The molecule has 0 aromatic rings. The van der Waals surface area contributed by atoms with E-state index in [0.717, 1.165) is 12.1 Å². The highest BCUT2D eigenvalue weighted by atomic mass is 19.4. The predicted octanol–water partition coefficient (Wildman–Crippen LogP) is 2.94. The van der Waals surface area contributed by atoms with Gasteiger partial charge in [-0.05, 0) is 25.5 Å². The van der Waals surface area contributed by atoms with Gasteiger partial charge in [0.05, 0.1) is 0 Å². The van der Waals surface area contributed by atoms with Crippen molar-refractivity contribution in [3.63, 3.8) is 0 Å². The molecule has 0 aromatic heterocycles. The van der Waals surface area contributed by atoms with E-state index in [1.165, 1.54) is 13.0 Å². The predicted molar refractivity (Wildman–Crippen MR) is 48.3 cm³/mol. The van der Waals surface area contributed by atoms with E-state index in [1.54, 1.807) is 13.1 Å². The number of alkyl halides is 3. The fourth-order valence-electron chi connectivity index (χ4n) is 0.812. The highest BCUT2D eigenvalue weighted by molar-refractivity contribution is 5.12. The molecule has 0 atom stereocenters. The summed E-state index contributed by atoms with van der Waals surface area (Å²) in [5, 5.41) is 2.85. The highest BCUT2D eigenvalue weighted by Crippen LogP contribution is 2.20. The quantitative estimate of drug-likeness (QED) is 0.567. The largest absolute Gasteiger partial charge is 0.572 e. The molecule has 82 valence electrons. The lowest BCUT2D eigenvalue weighted by molar-refractivity contribution is -0.305. The van der Waals surface area contributed by atoms with Crippen LogP contribution in [0.3, 0.4) is 0 Å². The van der Waals surface area contributed by atoms with Crippen LogP contribution in [-0.4, -0.2) is 13.4 Å². The minimum Gasteiger partial charge on any atom is -0.411 e. The first-order valence-electron chi connectivity index (χ1n) is 4.20. The number of hydrogen-bond donors (Lipinski definition) is 1. The number of hydrogen-bond acceptors (Lipinski definition) is 2. The van der Waals surface area contributed by atoms with Crippen molar-refractivity contribution in [3.05, 3.63) is 23.6 Å². The third-order valence-corrected chi connectivity index (χ3v) is 1.50. The molecule has 0 bridgehead atoms. The van der Waals surface area contributed by atoms with Gasteiger partial charge in [0.25, 0.3) is 0 Å². The Morgan fingerprint density at radius 2 is 1.93 bits per heavy atom. The van der Waals surface area contributed by atoms with Crippen LogP contribution >= 0.6 is 0 Å². The summed E-state index contributed by atoms with van der Waals surface area (Å²) in [6, 6.07) is 0. The van der Waals surface area contributed by atoms with Crippen molar-refractivity contribution in [1.82, 2.24) is 5.32 Å². The Bertz CT molecular complexity index is 225. The lowest BCUT2D eigenvalue weighted by Crippen LogP contribution is -2.11. The summed E-state index contributed by atoms with van der Waals surface area (Å²) in [6.45, 7) is 3.16. The van der Waals surface area contributed by atoms with Crippen LogP contribution in [0, 0.1) is 0 Å². The normalized spacial score (nSPS) is 14.1. The van der Waals surface area contributed by atoms with Crippen molar-refractivity contribution in [3.8, 4) is 0 Å². The highest BCUT2D eigenvalue weighted by Gasteiger charge is 2.30. The van der Waals surface area contributed by atoms with E-state index in [2.05, 4.69) is 10.1 Å². The summed E-state index contributed by atoms with van der Waals surface area (Å²) in [6.07, 6.45) is -1.05. The van der Waals surface area contributed by atoms with Gasteiger partial charge >= 0.3 is 6.36 Å². The van der Waals surface area contributed by atoms with Crippen LogP contribution in [0.25, 0.3) is 0 Å². The first-order chi connectivity index (χ1) is 6.39. The molecular formula is C9H14F3NO. The van der Waals surface area contributed by atoms with E-state index in [1.807, 2.05) is 6.92 Å². The van der Waals surface area contributed by atoms with Crippen LogP contribution < -0.4 is 5.32 Å².